The molecule has 0 bridgehead atoms. The lowest BCUT2D eigenvalue weighted by molar-refractivity contribution is 0.156. The molecule has 0 amide bonds. The van der Waals surface area contributed by atoms with Crippen LogP contribution in [-0.4, -0.2) is 28.8 Å². The van der Waals surface area contributed by atoms with Gasteiger partial charge in [0.25, 0.3) is 0 Å². The average molecular weight is 309 g/mol. The fraction of sp³-hybridized carbons (Fsp3) is 0.600. The number of nitrogens with zero attached hydrogens (tertiary/aromatic N) is 3. The normalized spacial score (nSPS) is 31.1. The zero-order valence-corrected chi connectivity index (χ0v) is 14.1. The second kappa shape index (κ2) is 6.10. The monoisotopic (exact) mass is 309 g/mol. The van der Waals surface area contributed by atoms with E-state index in [-0.39, 0.29) is 0 Å². The average Bonchev–Trinajstić information content (AvgIpc) is 2.61. The molecular weight excluding hydrogens is 282 g/mol. The lowest BCUT2D eigenvalue weighted by Crippen LogP contribution is -2.45. The van der Waals surface area contributed by atoms with Crippen LogP contribution in [0.1, 0.15) is 49.7 Å². The van der Waals surface area contributed by atoms with Gasteiger partial charge in [0.05, 0.1) is 11.8 Å². The van der Waals surface area contributed by atoms with Gasteiger partial charge >= 0.3 is 0 Å². The van der Waals surface area contributed by atoms with Gasteiger partial charge in [-0.25, -0.2) is 0 Å². The molecule has 0 aromatic carbocycles. The standard InChI is InChI=1S/C20H27N3/c1-3-16-12-19-18(14-7-5-4-6-8-14)11-15-13-21-10-9-17(15)20(19)22-23(16)2/h3,9-10,13-14,16,18-19H,1,4-8,11-12H2,2H3. The maximum Gasteiger partial charge on any atom is 0.0716 e. The van der Waals surface area contributed by atoms with Crippen molar-refractivity contribution in [2.24, 2.45) is 22.9 Å². The minimum absolute atomic E-state index is 0.373. The van der Waals surface area contributed by atoms with Crippen LogP contribution in [0.25, 0.3) is 0 Å². The first-order chi connectivity index (χ1) is 11.3. The summed E-state index contributed by atoms with van der Waals surface area (Å²) in [6.07, 6.45) is 15.5. The van der Waals surface area contributed by atoms with Gasteiger partial charge in [0, 0.05) is 30.9 Å². The number of hydrogen-bond donors (Lipinski definition) is 0. The van der Waals surface area contributed by atoms with Crippen LogP contribution in [0, 0.1) is 17.8 Å². The van der Waals surface area contributed by atoms with E-state index in [2.05, 4.69) is 42.0 Å². The molecule has 0 N–H and O–H groups in total. The lowest BCUT2D eigenvalue weighted by atomic mass is 9.64. The van der Waals surface area contributed by atoms with E-state index >= 15 is 0 Å². The van der Waals surface area contributed by atoms with Gasteiger partial charge in [-0.1, -0.05) is 38.2 Å². The van der Waals surface area contributed by atoms with E-state index < -0.39 is 0 Å². The van der Waals surface area contributed by atoms with Crippen LogP contribution in [0.15, 0.2) is 36.2 Å². The fourth-order valence-electron chi connectivity index (χ4n) is 5.02. The van der Waals surface area contributed by atoms with Gasteiger partial charge in [-0.15, -0.1) is 6.58 Å². The molecule has 2 heterocycles. The molecule has 3 unspecified atom stereocenters. The van der Waals surface area contributed by atoms with Crippen LogP contribution in [0.2, 0.25) is 0 Å². The van der Waals surface area contributed by atoms with Crippen molar-refractivity contribution in [3.63, 3.8) is 0 Å². The number of aromatic nitrogens is 1. The van der Waals surface area contributed by atoms with Crippen molar-refractivity contribution in [3.8, 4) is 0 Å². The van der Waals surface area contributed by atoms with Crippen LogP contribution < -0.4 is 0 Å². The van der Waals surface area contributed by atoms with Crippen molar-refractivity contribution in [2.75, 3.05) is 7.05 Å². The smallest absolute Gasteiger partial charge is 0.0716 e. The molecule has 0 radical (unpaired) electrons. The molecule has 4 rings (SSSR count). The van der Waals surface area contributed by atoms with E-state index in [0.29, 0.717) is 12.0 Å². The van der Waals surface area contributed by atoms with Crippen LogP contribution >= 0.6 is 0 Å². The van der Waals surface area contributed by atoms with Crippen LogP contribution in [0.4, 0.5) is 0 Å². The largest absolute Gasteiger partial charge is 0.293 e. The highest BCUT2D eigenvalue weighted by molar-refractivity contribution is 6.04. The van der Waals surface area contributed by atoms with Crippen molar-refractivity contribution >= 4 is 5.71 Å². The Morgan fingerprint density at radius 1 is 1.26 bits per heavy atom. The second-order valence-electron chi connectivity index (χ2n) is 7.50. The summed E-state index contributed by atoms with van der Waals surface area (Å²) in [6, 6.07) is 2.54. The second-order valence-corrected chi connectivity index (χ2v) is 7.50. The highest BCUT2D eigenvalue weighted by Crippen LogP contribution is 2.44. The Hall–Kier alpha value is -1.64. The van der Waals surface area contributed by atoms with Crippen LogP contribution in [0.3, 0.4) is 0 Å². The summed E-state index contributed by atoms with van der Waals surface area (Å²) < 4.78 is 0. The number of rotatable bonds is 2. The summed E-state index contributed by atoms with van der Waals surface area (Å²) in [5.74, 6) is 2.19. The van der Waals surface area contributed by atoms with E-state index in [1.807, 2.05) is 6.20 Å². The molecule has 0 saturated heterocycles. The summed E-state index contributed by atoms with van der Waals surface area (Å²) in [5.41, 5.74) is 4.06. The lowest BCUT2D eigenvalue weighted by Gasteiger charge is -2.45. The Morgan fingerprint density at radius 3 is 2.87 bits per heavy atom. The molecule has 2 aliphatic carbocycles. The van der Waals surface area contributed by atoms with Gasteiger partial charge in [0.1, 0.15) is 0 Å². The highest BCUT2D eigenvalue weighted by atomic mass is 15.5. The maximum absolute atomic E-state index is 4.99. The SMILES string of the molecule is C=CC1CC2C(=NN1C)c1ccncc1CC2C1CCCCC1. The Labute approximate surface area is 139 Å². The molecule has 3 nitrogen and oxygen atoms in total. The van der Waals surface area contributed by atoms with E-state index in [1.165, 1.54) is 61.8 Å². The third kappa shape index (κ3) is 2.60. The minimum atomic E-state index is 0.373. The number of pyridine rings is 1. The highest BCUT2D eigenvalue weighted by Gasteiger charge is 2.42. The Morgan fingerprint density at radius 2 is 2.09 bits per heavy atom. The van der Waals surface area contributed by atoms with Gasteiger partial charge in [-0.05, 0) is 36.3 Å². The number of fused-ring (bicyclic) bond motifs is 3. The van der Waals surface area contributed by atoms with Gasteiger partial charge in [0.15, 0.2) is 0 Å². The molecule has 3 heteroatoms. The Bertz CT molecular complexity index is 615. The van der Waals surface area contributed by atoms with Gasteiger partial charge in [-0.3, -0.25) is 9.99 Å². The van der Waals surface area contributed by atoms with Crippen molar-refractivity contribution < 1.29 is 0 Å². The topological polar surface area (TPSA) is 28.5 Å². The zero-order chi connectivity index (χ0) is 15.8. The number of hydrazone groups is 1. The molecule has 3 aliphatic rings. The Balaban J connectivity index is 1.75. The van der Waals surface area contributed by atoms with Crippen LogP contribution in [-0.2, 0) is 6.42 Å². The predicted molar refractivity (Wildman–Crippen MR) is 94.4 cm³/mol. The summed E-state index contributed by atoms with van der Waals surface area (Å²) >= 11 is 0. The molecule has 23 heavy (non-hydrogen) atoms. The summed E-state index contributed by atoms with van der Waals surface area (Å²) in [4.78, 5) is 4.38. The molecule has 1 aliphatic heterocycles. The maximum atomic E-state index is 4.99. The number of likely N-dealkylation sites (N-methyl/N-ethyl adjacent to an activating group) is 1. The molecule has 1 fully saturated rings. The molecule has 1 saturated carbocycles. The molecule has 0 spiro atoms. The zero-order valence-electron chi connectivity index (χ0n) is 14.1. The first kappa shape index (κ1) is 14.9. The van der Waals surface area contributed by atoms with Gasteiger partial charge in [-0.2, -0.15) is 5.10 Å². The Kier molecular flexibility index (Phi) is 3.96. The first-order valence-electron chi connectivity index (χ1n) is 9.15. The number of hydrogen-bond acceptors (Lipinski definition) is 3. The third-order valence-electron chi connectivity index (χ3n) is 6.27. The van der Waals surface area contributed by atoms with E-state index in [1.54, 1.807) is 0 Å². The van der Waals surface area contributed by atoms with Crippen molar-refractivity contribution in [1.29, 1.82) is 0 Å². The molecular formula is C20H27N3. The molecule has 122 valence electrons. The van der Waals surface area contributed by atoms with E-state index in [4.69, 9.17) is 5.10 Å². The van der Waals surface area contributed by atoms with Crippen LogP contribution in [0.5, 0.6) is 0 Å². The third-order valence-corrected chi connectivity index (χ3v) is 6.27. The van der Waals surface area contributed by atoms with E-state index in [9.17, 15) is 0 Å². The van der Waals surface area contributed by atoms with Crippen molar-refractivity contribution in [3.05, 3.63) is 42.2 Å². The summed E-state index contributed by atoms with van der Waals surface area (Å²) in [7, 11) is 2.08. The molecule has 3 atom stereocenters. The molecule has 1 aromatic heterocycles. The van der Waals surface area contributed by atoms with Gasteiger partial charge in [0.2, 0.25) is 0 Å². The fourth-order valence-corrected chi connectivity index (χ4v) is 5.02. The van der Waals surface area contributed by atoms with Crippen molar-refractivity contribution in [2.45, 2.75) is 51.0 Å². The summed E-state index contributed by atoms with van der Waals surface area (Å²) in [6.45, 7) is 4.03. The van der Waals surface area contributed by atoms with Crippen molar-refractivity contribution in [1.82, 2.24) is 9.99 Å². The quantitative estimate of drug-likeness (QED) is 0.771. The predicted octanol–water partition coefficient (Wildman–Crippen LogP) is 4.04. The minimum Gasteiger partial charge on any atom is -0.293 e. The summed E-state index contributed by atoms with van der Waals surface area (Å²) in [5, 5.41) is 7.10. The molecule has 1 aromatic rings. The van der Waals surface area contributed by atoms with Gasteiger partial charge < -0.3 is 0 Å². The van der Waals surface area contributed by atoms with E-state index in [0.717, 1.165) is 11.8 Å². The first-order valence-corrected chi connectivity index (χ1v) is 9.15.